The lowest BCUT2D eigenvalue weighted by Gasteiger charge is -2.06. The van der Waals surface area contributed by atoms with Gasteiger partial charge in [-0.25, -0.2) is 0 Å². The fraction of sp³-hybridized carbons (Fsp3) is 0.300. The quantitative estimate of drug-likeness (QED) is 0.900. The van der Waals surface area contributed by atoms with E-state index in [0.29, 0.717) is 17.4 Å². The zero-order chi connectivity index (χ0) is 10.1. The van der Waals surface area contributed by atoms with Gasteiger partial charge in [0.15, 0.2) is 0 Å². The van der Waals surface area contributed by atoms with Gasteiger partial charge in [0.25, 0.3) is 0 Å². The molecule has 3 nitrogen and oxygen atoms in total. The summed E-state index contributed by atoms with van der Waals surface area (Å²) in [7, 11) is 0. The third kappa shape index (κ3) is 2.26. The fourth-order valence-corrected chi connectivity index (χ4v) is 1.62. The van der Waals surface area contributed by atoms with E-state index in [-0.39, 0.29) is 0 Å². The molecule has 1 fully saturated rings. The van der Waals surface area contributed by atoms with Crippen molar-refractivity contribution in [2.24, 2.45) is 5.73 Å². The third-order valence-electron chi connectivity index (χ3n) is 1.98. The van der Waals surface area contributed by atoms with Crippen molar-refractivity contribution >= 4 is 21.8 Å². The van der Waals surface area contributed by atoms with Crippen molar-refractivity contribution < 1.29 is 9.53 Å². The average molecular weight is 256 g/mol. The first-order valence-corrected chi connectivity index (χ1v) is 5.21. The predicted octanol–water partition coefficient (Wildman–Crippen LogP) is 2.09. The van der Waals surface area contributed by atoms with Crippen LogP contribution in [-0.4, -0.2) is 12.0 Å². The maximum Gasteiger partial charge on any atom is 0.248 e. The van der Waals surface area contributed by atoms with Crippen molar-refractivity contribution in [1.29, 1.82) is 0 Å². The van der Waals surface area contributed by atoms with Gasteiger partial charge in [0, 0.05) is 10.0 Å². The highest BCUT2D eigenvalue weighted by atomic mass is 79.9. The molecule has 1 aliphatic carbocycles. The van der Waals surface area contributed by atoms with Crippen LogP contribution in [0.3, 0.4) is 0 Å². The molecule has 0 saturated heterocycles. The van der Waals surface area contributed by atoms with Crippen LogP contribution in [-0.2, 0) is 0 Å². The largest absolute Gasteiger partial charge is 0.490 e. The van der Waals surface area contributed by atoms with Crippen LogP contribution >= 0.6 is 15.9 Å². The van der Waals surface area contributed by atoms with Gasteiger partial charge in [-0.3, -0.25) is 4.79 Å². The number of nitrogens with two attached hydrogens (primary N) is 1. The predicted molar refractivity (Wildman–Crippen MR) is 56.3 cm³/mol. The number of carbonyl (C=O) groups excluding carboxylic acids is 1. The zero-order valence-electron chi connectivity index (χ0n) is 7.50. The van der Waals surface area contributed by atoms with Crippen molar-refractivity contribution in [2.75, 3.05) is 0 Å². The molecule has 1 amide bonds. The number of amides is 1. The SMILES string of the molecule is NC(=O)c1cc(Br)cc(OC2CC2)c1. The van der Waals surface area contributed by atoms with E-state index < -0.39 is 5.91 Å². The van der Waals surface area contributed by atoms with Crippen molar-refractivity contribution in [3.05, 3.63) is 28.2 Å². The Hall–Kier alpha value is -1.03. The lowest BCUT2D eigenvalue weighted by Crippen LogP contribution is -2.11. The summed E-state index contributed by atoms with van der Waals surface area (Å²) in [4.78, 5) is 11.0. The van der Waals surface area contributed by atoms with Gasteiger partial charge in [-0.05, 0) is 31.0 Å². The topological polar surface area (TPSA) is 52.3 Å². The van der Waals surface area contributed by atoms with E-state index in [9.17, 15) is 4.79 Å². The number of ether oxygens (including phenoxy) is 1. The molecule has 14 heavy (non-hydrogen) atoms. The van der Waals surface area contributed by atoms with Crippen LogP contribution in [0.25, 0.3) is 0 Å². The van der Waals surface area contributed by atoms with E-state index in [1.807, 2.05) is 6.07 Å². The summed E-state index contributed by atoms with van der Waals surface area (Å²) in [6.45, 7) is 0. The number of hydrogen-bond acceptors (Lipinski definition) is 2. The number of carbonyl (C=O) groups is 1. The Morgan fingerprint density at radius 3 is 2.71 bits per heavy atom. The van der Waals surface area contributed by atoms with Crippen LogP contribution in [0, 0.1) is 0 Å². The van der Waals surface area contributed by atoms with Gasteiger partial charge < -0.3 is 10.5 Å². The molecule has 1 aromatic carbocycles. The average Bonchev–Trinajstić information content (AvgIpc) is 2.87. The molecule has 0 bridgehead atoms. The molecule has 0 atom stereocenters. The second-order valence-electron chi connectivity index (χ2n) is 3.36. The Morgan fingerprint density at radius 1 is 1.43 bits per heavy atom. The first kappa shape index (κ1) is 9.52. The number of rotatable bonds is 3. The second kappa shape index (κ2) is 3.61. The Kier molecular flexibility index (Phi) is 2.46. The Balaban J connectivity index is 2.25. The molecule has 2 N–H and O–H groups in total. The van der Waals surface area contributed by atoms with Crippen LogP contribution in [0.5, 0.6) is 5.75 Å². The molecule has 0 heterocycles. The molecule has 4 heteroatoms. The molecule has 0 aromatic heterocycles. The van der Waals surface area contributed by atoms with E-state index in [2.05, 4.69) is 15.9 Å². The maximum absolute atomic E-state index is 11.0. The zero-order valence-corrected chi connectivity index (χ0v) is 9.08. The molecule has 1 aromatic rings. The van der Waals surface area contributed by atoms with Gasteiger partial charge in [-0.1, -0.05) is 15.9 Å². The van der Waals surface area contributed by atoms with Gasteiger partial charge in [-0.15, -0.1) is 0 Å². The lowest BCUT2D eigenvalue weighted by molar-refractivity contribution is 0.0999. The summed E-state index contributed by atoms with van der Waals surface area (Å²) in [6.07, 6.45) is 2.52. The number of primary amides is 1. The van der Waals surface area contributed by atoms with Crippen LogP contribution < -0.4 is 10.5 Å². The second-order valence-corrected chi connectivity index (χ2v) is 4.27. The smallest absolute Gasteiger partial charge is 0.248 e. The molecular weight excluding hydrogens is 246 g/mol. The molecular formula is C10H10BrNO2. The minimum absolute atomic E-state index is 0.324. The molecule has 0 unspecified atom stereocenters. The highest BCUT2D eigenvalue weighted by Gasteiger charge is 2.23. The molecule has 1 aliphatic rings. The van der Waals surface area contributed by atoms with E-state index in [1.165, 1.54) is 0 Å². The van der Waals surface area contributed by atoms with E-state index in [1.54, 1.807) is 12.1 Å². The van der Waals surface area contributed by atoms with Gasteiger partial charge >= 0.3 is 0 Å². The number of benzene rings is 1. The number of halogens is 1. The van der Waals surface area contributed by atoms with Crippen LogP contribution in [0.15, 0.2) is 22.7 Å². The van der Waals surface area contributed by atoms with Gasteiger partial charge in [-0.2, -0.15) is 0 Å². The molecule has 1 saturated carbocycles. The summed E-state index contributed by atoms with van der Waals surface area (Å²) >= 11 is 3.30. The summed E-state index contributed by atoms with van der Waals surface area (Å²) in [5.74, 6) is 0.266. The monoisotopic (exact) mass is 255 g/mol. The highest BCUT2D eigenvalue weighted by molar-refractivity contribution is 9.10. The van der Waals surface area contributed by atoms with Crippen molar-refractivity contribution in [2.45, 2.75) is 18.9 Å². The Labute approximate surface area is 90.4 Å². The van der Waals surface area contributed by atoms with E-state index in [0.717, 1.165) is 17.3 Å². The van der Waals surface area contributed by atoms with Crippen molar-refractivity contribution in [3.63, 3.8) is 0 Å². The standard InChI is InChI=1S/C10H10BrNO2/c11-7-3-6(10(12)13)4-9(5-7)14-8-1-2-8/h3-5,8H,1-2H2,(H2,12,13). The van der Waals surface area contributed by atoms with E-state index in [4.69, 9.17) is 10.5 Å². The van der Waals surface area contributed by atoms with Crippen LogP contribution in [0.2, 0.25) is 0 Å². The summed E-state index contributed by atoms with van der Waals surface area (Å²) in [5.41, 5.74) is 5.65. The highest BCUT2D eigenvalue weighted by Crippen LogP contribution is 2.29. The molecule has 74 valence electrons. The van der Waals surface area contributed by atoms with Crippen molar-refractivity contribution in [3.8, 4) is 5.75 Å². The van der Waals surface area contributed by atoms with Crippen LogP contribution in [0.1, 0.15) is 23.2 Å². The fourth-order valence-electron chi connectivity index (χ4n) is 1.15. The molecule has 0 radical (unpaired) electrons. The minimum atomic E-state index is -0.438. The normalized spacial score (nSPS) is 15.2. The first-order chi connectivity index (χ1) is 6.65. The lowest BCUT2D eigenvalue weighted by atomic mass is 10.2. The van der Waals surface area contributed by atoms with Gasteiger partial charge in [0.05, 0.1) is 6.10 Å². The summed E-state index contributed by atoms with van der Waals surface area (Å²) < 4.78 is 6.37. The minimum Gasteiger partial charge on any atom is -0.490 e. The third-order valence-corrected chi connectivity index (χ3v) is 2.44. The van der Waals surface area contributed by atoms with Gasteiger partial charge in [0.2, 0.25) is 5.91 Å². The summed E-state index contributed by atoms with van der Waals surface area (Å²) in [5, 5.41) is 0. The Bertz CT molecular complexity index is 374. The number of hydrogen-bond donors (Lipinski definition) is 1. The van der Waals surface area contributed by atoms with E-state index >= 15 is 0 Å². The summed E-state index contributed by atoms with van der Waals surface area (Å²) in [6, 6.07) is 5.19. The van der Waals surface area contributed by atoms with Gasteiger partial charge in [0.1, 0.15) is 5.75 Å². The van der Waals surface area contributed by atoms with Crippen LogP contribution in [0.4, 0.5) is 0 Å². The molecule has 0 aliphatic heterocycles. The molecule has 0 spiro atoms. The van der Waals surface area contributed by atoms with Crippen molar-refractivity contribution in [1.82, 2.24) is 0 Å². The molecule has 2 rings (SSSR count). The Morgan fingerprint density at radius 2 is 2.14 bits per heavy atom. The first-order valence-electron chi connectivity index (χ1n) is 4.42. The maximum atomic E-state index is 11.0.